The molecule has 0 radical (unpaired) electrons. The van der Waals surface area contributed by atoms with Crippen LogP contribution in [0.1, 0.15) is 33.1 Å². The number of alkyl halides is 1. The Morgan fingerprint density at radius 2 is 1.95 bits per heavy atom. The fourth-order valence-corrected chi connectivity index (χ4v) is 7.38. The molecule has 3 amide bonds. The molecule has 0 aliphatic carbocycles. The second-order valence-electron chi connectivity index (χ2n) is 11.3. The van der Waals surface area contributed by atoms with Gasteiger partial charge in [0.15, 0.2) is 0 Å². The van der Waals surface area contributed by atoms with Gasteiger partial charge in [-0.15, -0.1) is 13.2 Å². The second-order valence-corrected chi connectivity index (χ2v) is 12.4. The standard InChI is InChI=1S/C31H40BrN3O8/c1-6-8-9-23(37)33-16-19(4)42-30(40)24-25-28(38)35(18(3)17-36)27(31(25)15-22(32)26(24)43-31)29(39)34(14-7-2)20-10-12-21(41-5)13-11-20/h6-7,10-13,18-19,22,24-27,36H,1-2,8-9,14-17H2,3-5H3,(H,33,37)/t18-,19+,22?,24-,25+,26-,27-,31+/m1/s1. The van der Waals surface area contributed by atoms with Crippen molar-refractivity contribution in [1.29, 1.82) is 0 Å². The molecular weight excluding hydrogens is 622 g/mol. The summed E-state index contributed by atoms with van der Waals surface area (Å²) in [5.41, 5.74) is -0.758. The number of methoxy groups -OCH3 is 1. The predicted molar refractivity (Wildman–Crippen MR) is 163 cm³/mol. The molecule has 234 valence electrons. The quantitative estimate of drug-likeness (QED) is 0.176. The second kappa shape index (κ2) is 13.6. The fourth-order valence-electron chi connectivity index (χ4n) is 6.44. The lowest BCUT2D eigenvalue weighted by atomic mass is 9.70. The molecule has 0 saturated carbocycles. The lowest BCUT2D eigenvalue weighted by molar-refractivity contribution is -0.159. The molecule has 11 nitrogen and oxygen atoms in total. The van der Waals surface area contributed by atoms with Crippen LogP contribution >= 0.6 is 15.9 Å². The van der Waals surface area contributed by atoms with Gasteiger partial charge in [-0.3, -0.25) is 19.2 Å². The number of amides is 3. The molecule has 12 heteroatoms. The number of halogens is 1. The van der Waals surface area contributed by atoms with Crippen LogP contribution in [0.15, 0.2) is 49.6 Å². The molecule has 1 unspecified atom stereocenters. The number of fused-ring (bicyclic) bond motifs is 1. The number of aliphatic hydroxyl groups is 1. The Balaban J connectivity index is 1.64. The van der Waals surface area contributed by atoms with E-state index >= 15 is 0 Å². The van der Waals surface area contributed by atoms with E-state index < -0.39 is 59.5 Å². The maximum absolute atomic E-state index is 14.5. The van der Waals surface area contributed by atoms with Crippen molar-refractivity contribution < 1.29 is 38.5 Å². The summed E-state index contributed by atoms with van der Waals surface area (Å²) in [6.45, 7) is 10.6. The third kappa shape index (κ3) is 6.09. The summed E-state index contributed by atoms with van der Waals surface area (Å²) < 4.78 is 17.5. The number of nitrogens with zero attached hydrogens (tertiary/aromatic N) is 2. The minimum atomic E-state index is -1.33. The third-order valence-corrected chi connectivity index (χ3v) is 9.26. The first kappa shape index (κ1) is 32.7. The summed E-state index contributed by atoms with van der Waals surface area (Å²) in [5.74, 6) is -3.03. The molecular formula is C31H40BrN3O8. The number of esters is 1. The van der Waals surface area contributed by atoms with Gasteiger partial charge in [0, 0.05) is 23.5 Å². The molecule has 1 spiro atoms. The number of hydrogen-bond acceptors (Lipinski definition) is 8. The molecule has 3 aliphatic rings. The van der Waals surface area contributed by atoms with Crippen molar-refractivity contribution in [2.75, 3.05) is 31.7 Å². The Kier molecular flexibility index (Phi) is 10.3. The van der Waals surface area contributed by atoms with Crippen LogP contribution in [0.25, 0.3) is 0 Å². The van der Waals surface area contributed by atoms with Gasteiger partial charge >= 0.3 is 5.97 Å². The first-order valence-corrected chi connectivity index (χ1v) is 15.3. The molecule has 3 heterocycles. The summed E-state index contributed by atoms with van der Waals surface area (Å²) in [6.07, 6.45) is 2.99. The van der Waals surface area contributed by atoms with Gasteiger partial charge < -0.3 is 34.4 Å². The summed E-state index contributed by atoms with van der Waals surface area (Å²) in [4.78, 5) is 56.9. The van der Waals surface area contributed by atoms with Crippen molar-refractivity contribution in [2.45, 2.75) is 67.8 Å². The van der Waals surface area contributed by atoms with Crippen molar-refractivity contribution in [1.82, 2.24) is 10.2 Å². The Labute approximate surface area is 260 Å². The fraction of sp³-hybridized carbons (Fsp3) is 0.548. The number of carbonyl (C=O) groups is 4. The molecule has 4 rings (SSSR count). The number of benzene rings is 1. The van der Waals surface area contributed by atoms with E-state index in [1.165, 1.54) is 9.80 Å². The molecule has 2 bridgehead atoms. The third-order valence-electron chi connectivity index (χ3n) is 8.41. The molecule has 8 atom stereocenters. The van der Waals surface area contributed by atoms with Crippen LogP contribution in [0.2, 0.25) is 0 Å². The van der Waals surface area contributed by atoms with Gasteiger partial charge in [-0.1, -0.05) is 28.1 Å². The van der Waals surface area contributed by atoms with E-state index in [1.54, 1.807) is 57.4 Å². The highest BCUT2D eigenvalue weighted by atomic mass is 79.9. The highest BCUT2D eigenvalue weighted by molar-refractivity contribution is 9.09. The van der Waals surface area contributed by atoms with Gasteiger partial charge in [-0.2, -0.15) is 0 Å². The summed E-state index contributed by atoms with van der Waals surface area (Å²) in [6, 6.07) is 5.11. The predicted octanol–water partition coefficient (Wildman–Crippen LogP) is 2.36. The Morgan fingerprint density at radius 3 is 2.56 bits per heavy atom. The summed E-state index contributed by atoms with van der Waals surface area (Å²) in [5, 5.41) is 12.9. The zero-order valence-corrected chi connectivity index (χ0v) is 26.3. The largest absolute Gasteiger partial charge is 0.497 e. The van der Waals surface area contributed by atoms with Crippen molar-refractivity contribution in [3.05, 3.63) is 49.6 Å². The summed E-state index contributed by atoms with van der Waals surface area (Å²) in [7, 11) is 1.55. The van der Waals surface area contributed by atoms with Gasteiger partial charge in [-0.25, -0.2) is 0 Å². The molecule has 43 heavy (non-hydrogen) atoms. The van der Waals surface area contributed by atoms with Crippen LogP contribution < -0.4 is 15.0 Å². The van der Waals surface area contributed by atoms with Gasteiger partial charge in [0.05, 0.1) is 44.2 Å². The maximum atomic E-state index is 14.5. The van der Waals surface area contributed by atoms with Gasteiger partial charge in [0.2, 0.25) is 11.8 Å². The van der Waals surface area contributed by atoms with E-state index in [0.717, 1.165) is 0 Å². The van der Waals surface area contributed by atoms with Crippen molar-refractivity contribution in [3.8, 4) is 5.75 Å². The number of aliphatic hydroxyl groups excluding tert-OH is 1. The topological polar surface area (TPSA) is 135 Å². The van der Waals surface area contributed by atoms with E-state index in [4.69, 9.17) is 14.2 Å². The molecule has 3 saturated heterocycles. The van der Waals surface area contributed by atoms with Gasteiger partial charge in [0.1, 0.15) is 23.5 Å². The minimum absolute atomic E-state index is 0.106. The van der Waals surface area contributed by atoms with Crippen molar-refractivity contribution in [3.63, 3.8) is 0 Å². The number of allylic oxidation sites excluding steroid dienone is 1. The molecule has 1 aromatic rings. The number of hydrogen-bond donors (Lipinski definition) is 2. The van der Waals surface area contributed by atoms with Crippen LogP contribution in [-0.2, 0) is 28.7 Å². The smallest absolute Gasteiger partial charge is 0.312 e. The van der Waals surface area contributed by atoms with E-state index in [9.17, 15) is 24.3 Å². The Hall–Kier alpha value is -3.22. The number of rotatable bonds is 14. The number of likely N-dealkylation sites (tertiary alicyclic amines) is 1. The highest BCUT2D eigenvalue weighted by Crippen LogP contribution is 2.60. The molecule has 3 aliphatic heterocycles. The van der Waals surface area contributed by atoms with Crippen molar-refractivity contribution in [2.24, 2.45) is 11.8 Å². The first-order valence-electron chi connectivity index (χ1n) is 14.4. The highest BCUT2D eigenvalue weighted by Gasteiger charge is 2.77. The normalized spacial score (nSPS) is 28.5. The molecule has 2 N–H and O–H groups in total. The SMILES string of the molecule is C=CCCC(=O)NC[C@H](C)OC(=O)[C@H]1[C@@H]2O[C@@]3(CC2Br)[C@@H]1C(=O)N([C@H](C)CO)[C@@H]3C(=O)N(CC=C)c1ccc(OC)cc1. The van der Waals surface area contributed by atoms with Gasteiger partial charge in [-0.05, 0) is 51.0 Å². The zero-order chi connectivity index (χ0) is 31.5. The average Bonchev–Trinajstić information content (AvgIpc) is 3.60. The van der Waals surface area contributed by atoms with E-state index in [-0.39, 0.29) is 36.9 Å². The first-order chi connectivity index (χ1) is 20.5. The maximum Gasteiger partial charge on any atom is 0.312 e. The van der Waals surface area contributed by atoms with Crippen LogP contribution in [0.4, 0.5) is 5.69 Å². The monoisotopic (exact) mass is 661 g/mol. The lowest BCUT2D eigenvalue weighted by Crippen LogP contribution is -2.58. The molecule has 1 aromatic carbocycles. The average molecular weight is 663 g/mol. The summed E-state index contributed by atoms with van der Waals surface area (Å²) >= 11 is 3.64. The lowest BCUT2D eigenvalue weighted by Gasteiger charge is -2.38. The van der Waals surface area contributed by atoms with E-state index in [0.29, 0.717) is 24.3 Å². The Morgan fingerprint density at radius 1 is 1.26 bits per heavy atom. The van der Waals surface area contributed by atoms with E-state index in [1.807, 2.05) is 0 Å². The Bertz CT molecular complexity index is 1240. The van der Waals surface area contributed by atoms with Crippen LogP contribution in [-0.4, -0.2) is 95.2 Å². The van der Waals surface area contributed by atoms with E-state index in [2.05, 4.69) is 34.4 Å². The number of anilines is 1. The van der Waals surface area contributed by atoms with Crippen LogP contribution in [0.5, 0.6) is 5.75 Å². The number of carbonyl (C=O) groups excluding carboxylic acids is 4. The van der Waals surface area contributed by atoms with Crippen LogP contribution in [0, 0.1) is 11.8 Å². The number of nitrogens with one attached hydrogen (secondary N) is 1. The molecule has 0 aromatic heterocycles. The van der Waals surface area contributed by atoms with Crippen molar-refractivity contribution >= 4 is 45.3 Å². The van der Waals surface area contributed by atoms with Crippen LogP contribution in [0.3, 0.4) is 0 Å². The minimum Gasteiger partial charge on any atom is -0.497 e. The molecule has 3 fully saturated rings. The number of ether oxygens (including phenoxy) is 3. The van der Waals surface area contributed by atoms with Gasteiger partial charge in [0.25, 0.3) is 5.91 Å². The zero-order valence-electron chi connectivity index (χ0n) is 24.7.